The SMILES string of the molecule is CCCCN1C(=O)CCc2c(N(O)CCc3ccccc3)ccc(O)c21. The van der Waals surface area contributed by atoms with E-state index in [-0.39, 0.29) is 11.7 Å². The number of aromatic hydroxyl groups is 1. The minimum Gasteiger partial charge on any atom is -0.506 e. The van der Waals surface area contributed by atoms with Gasteiger partial charge in [-0.1, -0.05) is 43.7 Å². The summed E-state index contributed by atoms with van der Waals surface area (Å²) in [6.45, 7) is 3.11. The largest absolute Gasteiger partial charge is 0.506 e. The molecule has 0 fully saturated rings. The number of amides is 1. The molecule has 1 amide bonds. The molecule has 0 bridgehead atoms. The van der Waals surface area contributed by atoms with E-state index in [1.54, 1.807) is 17.0 Å². The second-order valence-electron chi connectivity index (χ2n) is 6.69. The Bertz CT molecular complexity index is 761. The molecule has 0 radical (unpaired) electrons. The molecule has 5 nitrogen and oxygen atoms in total. The lowest BCUT2D eigenvalue weighted by Gasteiger charge is -2.33. The van der Waals surface area contributed by atoms with Crippen molar-refractivity contribution in [1.29, 1.82) is 0 Å². The van der Waals surface area contributed by atoms with Gasteiger partial charge in [0.15, 0.2) is 0 Å². The third kappa shape index (κ3) is 3.83. The van der Waals surface area contributed by atoms with Crippen LogP contribution in [0.25, 0.3) is 0 Å². The minimum absolute atomic E-state index is 0.0344. The molecule has 1 aliphatic rings. The molecule has 5 heteroatoms. The second kappa shape index (κ2) is 8.23. The molecule has 2 N–H and O–H groups in total. The standard InChI is InChI=1S/C21H26N2O3/c1-2-3-14-22-20(25)12-9-17-18(10-11-19(24)21(17)22)23(26)15-13-16-7-5-4-6-8-16/h4-8,10-11,24,26H,2-3,9,12-15H2,1H3. The fourth-order valence-corrected chi connectivity index (χ4v) is 3.45. The molecule has 0 atom stereocenters. The molecule has 1 aliphatic heterocycles. The van der Waals surface area contributed by atoms with E-state index in [4.69, 9.17) is 0 Å². The van der Waals surface area contributed by atoms with Crippen molar-refractivity contribution < 1.29 is 15.1 Å². The van der Waals surface area contributed by atoms with E-state index in [2.05, 4.69) is 6.92 Å². The van der Waals surface area contributed by atoms with Crippen molar-refractivity contribution in [2.24, 2.45) is 0 Å². The first-order valence-corrected chi connectivity index (χ1v) is 9.27. The molecule has 0 unspecified atom stereocenters. The van der Waals surface area contributed by atoms with E-state index in [1.807, 2.05) is 30.3 Å². The summed E-state index contributed by atoms with van der Waals surface area (Å²) in [6, 6.07) is 13.3. The van der Waals surface area contributed by atoms with E-state index in [9.17, 15) is 15.1 Å². The van der Waals surface area contributed by atoms with E-state index in [0.717, 1.165) is 24.0 Å². The smallest absolute Gasteiger partial charge is 0.227 e. The Morgan fingerprint density at radius 2 is 1.88 bits per heavy atom. The lowest BCUT2D eigenvalue weighted by atomic mass is 9.97. The molecule has 0 aliphatic carbocycles. The van der Waals surface area contributed by atoms with Crippen LogP contribution < -0.4 is 9.96 Å². The lowest BCUT2D eigenvalue weighted by molar-refractivity contribution is -0.118. The Balaban J connectivity index is 1.84. The van der Waals surface area contributed by atoms with Crippen molar-refractivity contribution in [3.8, 4) is 5.75 Å². The fraction of sp³-hybridized carbons (Fsp3) is 0.381. The van der Waals surface area contributed by atoms with Gasteiger partial charge in [-0.2, -0.15) is 0 Å². The van der Waals surface area contributed by atoms with Gasteiger partial charge in [0.05, 0.1) is 11.4 Å². The van der Waals surface area contributed by atoms with E-state index in [1.165, 1.54) is 5.06 Å². The molecule has 26 heavy (non-hydrogen) atoms. The average molecular weight is 354 g/mol. The maximum atomic E-state index is 12.3. The monoisotopic (exact) mass is 354 g/mol. The van der Waals surface area contributed by atoms with Crippen LogP contribution in [0.1, 0.15) is 37.3 Å². The number of nitrogens with zero attached hydrogens (tertiary/aromatic N) is 2. The number of rotatable bonds is 7. The maximum absolute atomic E-state index is 12.3. The van der Waals surface area contributed by atoms with Crippen molar-refractivity contribution in [3.05, 3.63) is 53.6 Å². The minimum atomic E-state index is 0.0344. The lowest BCUT2D eigenvalue weighted by Crippen LogP contribution is -2.37. The normalized spacial score (nSPS) is 13.6. The van der Waals surface area contributed by atoms with Crippen LogP contribution in [0.15, 0.2) is 42.5 Å². The van der Waals surface area contributed by atoms with Crippen LogP contribution in [0.2, 0.25) is 0 Å². The number of hydrogen-bond acceptors (Lipinski definition) is 4. The van der Waals surface area contributed by atoms with Crippen molar-refractivity contribution in [2.45, 2.75) is 39.0 Å². The van der Waals surface area contributed by atoms with Crippen molar-refractivity contribution >= 4 is 17.3 Å². The van der Waals surface area contributed by atoms with Crippen LogP contribution in [-0.4, -0.2) is 29.3 Å². The zero-order chi connectivity index (χ0) is 18.5. The second-order valence-corrected chi connectivity index (χ2v) is 6.69. The van der Waals surface area contributed by atoms with Gasteiger partial charge < -0.3 is 10.0 Å². The highest BCUT2D eigenvalue weighted by Crippen LogP contribution is 2.41. The van der Waals surface area contributed by atoms with Crippen LogP contribution >= 0.6 is 0 Å². The van der Waals surface area contributed by atoms with E-state index < -0.39 is 0 Å². The van der Waals surface area contributed by atoms with Gasteiger partial charge in [0.25, 0.3) is 0 Å². The molecule has 3 rings (SSSR count). The number of hydroxylamine groups is 1. The topological polar surface area (TPSA) is 64.0 Å². The Hall–Kier alpha value is -2.53. The molecule has 2 aromatic rings. The predicted molar refractivity (Wildman–Crippen MR) is 103 cm³/mol. The highest BCUT2D eigenvalue weighted by molar-refractivity contribution is 5.99. The molecule has 138 valence electrons. The summed E-state index contributed by atoms with van der Waals surface area (Å²) in [6.07, 6.45) is 3.50. The first-order valence-electron chi connectivity index (χ1n) is 9.27. The summed E-state index contributed by atoms with van der Waals surface area (Å²) in [5, 5.41) is 22.2. The molecule has 0 saturated carbocycles. The zero-order valence-electron chi connectivity index (χ0n) is 15.2. The Morgan fingerprint density at radius 3 is 2.62 bits per heavy atom. The summed E-state index contributed by atoms with van der Waals surface area (Å²) in [5.41, 5.74) is 3.23. The van der Waals surface area contributed by atoms with Gasteiger partial charge in [0, 0.05) is 25.1 Å². The summed E-state index contributed by atoms with van der Waals surface area (Å²) in [4.78, 5) is 14.0. The summed E-state index contributed by atoms with van der Waals surface area (Å²) < 4.78 is 0. The Labute approximate surface area is 154 Å². The Kier molecular flexibility index (Phi) is 5.78. The van der Waals surface area contributed by atoms with Crippen LogP contribution in [0.5, 0.6) is 5.75 Å². The zero-order valence-corrected chi connectivity index (χ0v) is 15.2. The molecule has 2 aromatic carbocycles. The van der Waals surface area contributed by atoms with Gasteiger partial charge in [-0.05, 0) is 37.0 Å². The Morgan fingerprint density at radius 1 is 1.12 bits per heavy atom. The summed E-state index contributed by atoms with van der Waals surface area (Å²) in [7, 11) is 0. The van der Waals surface area contributed by atoms with Gasteiger partial charge in [-0.25, -0.2) is 0 Å². The number of unbranched alkanes of at least 4 members (excludes halogenated alkanes) is 1. The highest BCUT2D eigenvalue weighted by atomic mass is 16.5. The van der Waals surface area contributed by atoms with Crippen molar-refractivity contribution in [1.82, 2.24) is 0 Å². The number of fused-ring (bicyclic) bond motifs is 1. The molecular weight excluding hydrogens is 328 g/mol. The summed E-state index contributed by atoms with van der Waals surface area (Å²) >= 11 is 0. The third-order valence-corrected chi connectivity index (χ3v) is 4.87. The number of phenols is 1. The first-order chi connectivity index (χ1) is 12.6. The number of phenolic OH excluding ortho intramolecular Hbond substituents is 1. The molecule has 1 heterocycles. The van der Waals surface area contributed by atoms with Gasteiger partial charge in [-0.3, -0.25) is 15.1 Å². The van der Waals surface area contributed by atoms with Gasteiger partial charge in [0.1, 0.15) is 5.75 Å². The highest BCUT2D eigenvalue weighted by Gasteiger charge is 2.29. The van der Waals surface area contributed by atoms with Crippen LogP contribution in [0.4, 0.5) is 11.4 Å². The molecule has 0 aromatic heterocycles. The summed E-state index contributed by atoms with van der Waals surface area (Å²) in [5.74, 6) is 0.136. The van der Waals surface area contributed by atoms with Crippen molar-refractivity contribution in [2.75, 3.05) is 23.1 Å². The number of benzene rings is 2. The number of anilines is 2. The van der Waals surface area contributed by atoms with Gasteiger partial charge in [-0.15, -0.1) is 0 Å². The van der Waals surface area contributed by atoms with Crippen LogP contribution in [-0.2, 0) is 17.6 Å². The number of carbonyl (C=O) groups excluding carboxylic acids is 1. The quantitative estimate of drug-likeness (QED) is 0.740. The van der Waals surface area contributed by atoms with Gasteiger partial charge >= 0.3 is 0 Å². The fourth-order valence-electron chi connectivity index (χ4n) is 3.45. The van der Waals surface area contributed by atoms with Crippen LogP contribution in [0, 0.1) is 0 Å². The van der Waals surface area contributed by atoms with Gasteiger partial charge in [0.2, 0.25) is 5.91 Å². The maximum Gasteiger partial charge on any atom is 0.227 e. The third-order valence-electron chi connectivity index (χ3n) is 4.87. The van der Waals surface area contributed by atoms with Crippen molar-refractivity contribution in [3.63, 3.8) is 0 Å². The van der Waals surface area contributed by atoms with E-state index in [0.29, 0.717) is 43.7 Å². The average Bonchev–Trinajstić information content (AvgIpc) is 2.66. The van der Waals surface area contributed by atoms with E-state index >= 15 is 0 Å². The number of carbonyl (C=O) groups is 1. The molecule has 0 saturated heterocycles. The predicted octanol–water partition coefficient (Wildman–Crippen LogP) is 3.91. The first kappa shape index (κ1) is 18.3. The number of hydrogen-bond donors (Lipinski definition) is 2. The molecular formula is C21H26N2O3. The van der Waals surface area contributed by atoms with Crippen LogP contribution in [0.3, 0.4) is 0 Å². The molecule has 0 spiro atoms.